The fourth-order valence-corrected chi connectivity index (χ4v) is 4.49. The Bertz CT molecular complexity index is 1120. The van der Waals surface area contributed by atoms with Crippen molar-refractivity contribution in [2.45, 2.75) is 4.90 Å². The zero-order valence-electron chi connectivity index (χ0n) is 14.1. The van der Waals surface area contributed by atoms with Crippen molar-refractivity contribution < 1.29 is 13.2 Å². The largest absolute Gasteiger partial charge is 0.322 e. The first kappa shape index (κ1) is 20.9. The Morgan fingerprint density at radius 2 is 1.50 bits per heavy atom. The molecule has 0 saturated heterocycles. The van der Waals surface area contributed by atoms with Crippen molar-refractivity contribution in [2.24, 2.45) is 0 Å². The average molecular weight is 547 g/mol. The van der Waals surface area contributed by atoms with Crippen LogP contribution in [0.2, 0.25) is 10.0 Å². The third-order valence-corrected chi connectivity index (χ3v) is 6.13. The van der Waals surface area contributed by atoms with E-state index >= 15 is 0 Å². The molecule has 3 aromatic carbocycles. The zero-order chi connectivity index (χ0) is 20.3. The van der Waals surface area contributed by atoms with Gasteiger partial charge in [-0.2, -0.15) is 0 Å². The van der Waals surface area contributed by atoms with Crippen molar-refractivity contribution in [3.63, 3.8) is 0 Å². The minimum absolute atomic E-state index is 0.0378. The van der Waals surface area contributed by atoms with E-state index in [9.17, 15) is 13.2 Å². The first-order valence-corrected chi connectivity index (χ1v) is 11.2. The number of sulfonamides is 1. The molecule has 0 bridgehead atoms. The minimum atomic E-state index is -3.83. The van der Waals surface area contributed by atoms with Crippen LogP contribution >= 0.6 is 45.8 Å². The number of hydrogen-bond donors (Lipinski definition) is 2. The number of rotatable bonds is 5. The van der Waals surface area contributed by atoms with E-state index in [1.807, 2.05) is 6.07 Å². The smallest absolute Gasteiger partial charge is 0.261 e. The predicted octanol–water partition coefficient (Wildman–Crippen LogP) is 5.65. The van der Waals surface area contributed by atoms with E-state index in [-0.39, 0.29) is 16.5 Å². The number of benzene rings is 3. The Hall–Kier alpha value is -1.81. The van der Waals surface area contributed by atoms with Crippen LogP contribution in [0.5, 0.6) is 0 Å². The molecular weight excluding hydrogens is 534 g/mol. The Balaban J connectivity index is 1.75. The van der Waals surface area contributed by atoms with E-state index in [4.69, 9.17) is 23.2 Å². The fraction of sp³-hybridized carbons (Fsp3) is 0. The number of amides is 1. The summed E-state index contributed by atoms with van der Waals surface area (Å²) >= 11 is 13.9. The summed E-state index contributed by atoms with van der Waals surface area (Å²) in [5, 5.41) is 3.37. The number of halogens is 3. The number of nitrogens with one attached hydrogen (secondary N) is 2. The SMILES string of the molecule is O=C(Nc1ccc(S(=O)(=O)Nc2cc(Cl)cc(Cl)c2)cc1)c1cccc(I)c1. The van der Waals surface area contributed by atoms with Crippen LogP contribution < -0.4 is 10.0 Å². The number of hydrogen-bond acceptors (Lipinski definition) is 3. The van der Waals surface area contributed by atoms with Gasteiger partial charge in [0.2, 0.25) is 0 Å². The molecule has 0 fully saturated rings. The molecule has 0 atom stereocenters. The minimum Gasteiger partial charge on any atom is -0.322 e. The molecule has 0 saturated carbocycles. The lowest BCUT2D eigenvalue weighted by molar-refractivity contribution is 0.102. The van der Waals surface area contributed by atoms with Crippen LogP contribution in [-0.4, -0.2) is 14.3 Å². The van der Waals surface area contributed by atoms with Gasteiger partial charge in [-0.05, 0) is 83.3 Å². The van der Waals surface area contributed by atoms with E-state index in [1.165, 1.54) is 42.5 Å². The predicted molar refractivity (Wildman–Crippen MR) is 121 cm³/mol. The summed E-state index contributed by atoms with van der Waals surface area (Å²) in [7, 11) is -3.83. The zero-order valence-corrected chi connectivity index (χ0v) is 18.6. The third kappa shape index (κ3) is 5.38. The lowest BCUT2D eigenvalue weighted by Crippen LogP contribution is -2.14. The standard InChI is InChI=1S/C19H13Cl2IN2O3S/c20-13-9-14(21)11-17(10-13)24-28(26,27)18-6-4-16(5-7-18)23-19(25)12-2-1-3-15(22)8-12/h1-11,24H,(H,23,25). The molecular formula is C19H13Cl2IN2O3S. The number of carbonyl (C=O) groups excluding carboxylic acids is 1. The van der Waals surface area contributed by atoms with Crippen molar-refractivity contribution in [1.82, 2.24) is 0 Å². The molecule has 0 heterocycles. The second-order valence-electron chi connectivity index (χ2n) is 5.75. The summed E-state index contributed by atoms with van der Waals surface area (Å²) in [6.07, 6.45) is 0. The molecule has 144 valence electrons. The lowest BCUT2D eigenvalue weighted by Gasteiger charge is -2.10. The molecule has 0 aromatic heterocycles. The van der Waals surface area contributed by atoms with Crippen LogP contribution in [0.4, 0.5) is 11.4 Å². The molecule has 5 nitrogen and oxygen atoms in total. The summed E-state index contributed by atoms with van der Waals surface area (Å²) in [5.74, 6) is -0.277. The van der Waals surface area contributed by atoms with Crippen molar-refractivity contribution in [3.05, 3.63) is 85.9 Å². The van der Waals surface area contributed by atoms with E-state index in [0.717, 1.165) is 3.57 Å². The number of anilines is 2. The fourth-order valence-electron chi connectivity index (χ4n) is 2.38. The van der Waals surface area contributed by atoms with Gasteiger partial charge in [0.05, 0.1) is 10.6 Å². The summed E-state index contributed by atoms with van der Waals surface area (Å²) in [6, 6.07) is 17.4. The van der Waals surface area contributed by atoms with Crippen molar-refractivity contribution in [1.29, 1.82) is 0 Å². The molecule has 9 heteroatoms. The van der Waals surface area contributed by atoms with Crippen LogP contribution in [0.25, 0.3) is 0 Å². The van der Waals surface area contributed by atoms with E-state index in [2.05, 4.69) is 32.6 Å². The summed E-state index contributed by atoms with van der Waals surface area (Å²) < 4.78 is 28.4. The molecule has 0 spiro atoms. The highest BCUT2D eigenvalue weighted by molar-refractivity contribution is 14.1. The van der Waals surface area contributed by atoms with Crippen LogP contribution in [-0.2, 0) is 10.0 Å². The maximum absolute atomic E-state index is 12.5. The topological polar surface area (TPSA) is 75.3 Å². The van der Waals surface area contributed by atoms with E-state index < -0.39 is 10.0 Å². The molecule has 1 amide bonds. The maximum atomic E-state index is 12.5. The van der Waals surface area contributed by atoms with Gasteiger partial charge in [0.15, 0.2) is 0 Å². The van der Waals surface area contributed by atoms with Crippen LogP contribution in [0.1, 0.15) is 10.4 Å². The van der Waals surface area contributed by atoms with Gasteiger partial charge in [-0.25, -0.2) is 8.42 Å². The first-order valence-electron chi connectivity index (χ1n) is 7.89. The molecule has 3 rings (SSSR count). The van der Waals surface area contributed by atoms with Crippen molar-refractivity contribution >= 4 is 73.1 Å². The second kappa shape index (κ2) is 8.69. The Morgan fingerprint density at radius 1 is 0.857 bits per heavy atom. The van der Waals surface area contributed by atoms with E-state index in [0.29, 0.717) is 21.3 Å². The lowest BCUT2D eigenvalue weighted by atomic mass is 10.2. The highest BCUT2D eigenvalue weighted by atomic mass is 127. The van der Waals surface area contributed by atoms with Gasteiger partial charge in [0, 0.05) is 24.9 Å². The Kier molecular flexibility index (Phi) is 6.49. The van der Waals surface area contributed by atoms with Gasteiger partial charge in [0.1, 0.15) is 0 Å². The molecule has 0 unspecified atom stereocenters. The third-order valence-electron chi connectivity index (χ3n) is 3.62. The Labute approximate surface area is 186 Å². The van der Waals surface area contributed by atoms with Crippen LogP contribution in [0, 0.1) is 3.57 Å². The van der Waals surface area contributed by atoms with Gasteiger partial charge in [-0.3, -0.25) is 9.52 Å². The molecule has 0 aliphatic carbocycles. The first-order chi connectivity index (χ1) is 13.2. The van der Waals surface area contributed by atoms with Gasteiger partial charge < -0.3 is 5.32 Å². The normalized spacial score (nSPS) is 11.1. The second-order valence-corrected chi connectivity index (χ2v) is 9.55. The van der Waals surface area contributed by atoms with Crippen molar-refractivity contribution in [2.75, 3.05) is 10.0 Å². The molecule has 2 N–H and O–H groups in total. The monoisotopic (exact) mass is 546 g/mol. The van der Waals surface area contributed by atoms with Crippen molar-refractivity contribution in [3.8, 4) is 0 Å². The van der Waals surface area contributed by atoms with Gasteiger partial charge in [-0.1, -0.05) is 29.3 Å². The quantitative estimate of drug-likeness (QED) is 0.406. The molecule has 0 aliphatic rings. The highest BCUT2D eigenvalue weighted by Gasteiger charge is 2.15. The van der Waals surface area contributed by atoms with Gasteiger partial charge >= 0.3 is 0 Å². The summed E-state index contributed by atoms with van der Waals surface area (Å²) in [5.41, 5.74) is 1.25. The summed E-state index contributed by atoms with van der Waals surface area (Å²) in [4.78, 5) is 12.3. The molecule has 3 aromatic rings. The highest BCUT2D eigenvalue weighted by Crippen LogP contribution is 2.25. The van der Waals surface area contributed by atoms with Gasteiger partial charge in [0.25, 0.3) is 15.9 Å². The van der Waals surface area contributed by atoms with Gasteiger partial charge in [-0.15, -0.1) is 0 Å². The Morgan fingerprint density at radius 3 is 2.11 bits per heavy atom. The number of carbonyl (C=O) groups is 1. The van der Waals surface area contributed by atoms with Crippen LogP contribution in [0.15, 0.2) is 71.6 Å². The van der Waals surface area contributed by atoms with Crippen LogP contribution in [0.3, 0.4) is 0 Å². The molecule has 28 heavy (non-hydrogen) atoms. The summed E-state index contributed by atoms with van der Waals surface area (Å²) in [6.45, 7) is 0. The molecule has 0 aliphatic heterocycles. The maximum Gasteiger partial charge on any atom is 0.261 e. The average Bonchev–Trinajstić information content (AvgIpc) is 2.61. The van der Waals surface area contributed by atoms with E-state index in [1.54, 1.807) is 18.2 Å². The molecule has 0 radical (unpaired) electrons.